The summed E-state index contributed by atoms with van der Waals surface area (Å²) in [5, 5.41) is 0. The van der Waals surface area contributed by atoms with Crippen molar-refractivity contribution in [2.24, 2.45) is 0 Å². The molecule has 0 radical (unpaired) electrons. The smallest absolute Gasteiger partial charge is 0.341 e. The standard InChI is InChI=1S/C10H10O4.2C2H6/c1-7(11)14-9-6-4-3-5-8(9)10(12)13-2;2*1-2/h3-6H,1-2H3;2*1-2H3. The van der Waals surface area contributed by atoms with Crippen molar-refractivity contribution < 1.29 is 19.1 Å². The predicted octanol–water partition coefficient (Wildman–Crippen LogP) is 3.45. The largest absolute Gasteiger partial charge is 0.465 e. The number of ether oxygens (including phenoxy) is 2. The Kier molecular flexibility index (Phi) is 12.0. The normalized spacial score (nSPS) is 7.89. The minimum atomic E-state index is -0.526. The molecular weight excluding hydrogens is 232 g/mol. The van der Waals surface area contributed by atoms with Crippen LogP contribution in [0.2, 0.25) is 0 Å². The molecular formula is C14H22O4. The van der Waals surface area contributed by atoms with Gasteiger partial charge in [0.25, 0.3) is 0 Å². The molecule has 0 heterocycles. The number of carbonyl (C=O) groups excluding carboxylic acids is 2. The Balaban J connectivity index is 0. The quantitative estimate of drug-likeness (QED) is 0.599. The lowest BCUT2D eigenvalue weighted by molar-refractivity contribution is -0.131. The minimum Gasteiger partial charge on any atom is -0.465 e. The zero-order valence-corrected chi connectivity index (χ0v) is 11.9. The van der Waals surface area contributed by atoms with E-state index in [0.717, 1.165) is 0 Å². The second-order valence-electron chi connectivity index (χ2n) is 2.58. The van der Waals surface area contributed by atoms with E-state index in [0.29, 0.717) is 0 Å². The fourth-order valence-electron chi connectivity index (χ4n) is 0.989. The average molecular weight is 254 g/mol. The van der Waals surface area contributed by atoms with E-state index in [1.165, 1.54) is 26.2 Å². The molecule has 0 saturated carbocycles. The number of methoxy groups -OCH3 is 1. The Morgan fingerprint density at radius 2 is 1.50 bits per heavy atom. The summed E-state index contributed by atoms with van der Waals surface area (Å²) in [5.41, 5.74) is 0.241. The van der Waals surface area contributed by atoms with Crippen LogP contribution in [0.25, 0.3) is 0 Å². The van der Waals surface area contributed by atoms with Crippen molar-refractivity contribution >= 4 is 11.9 Å². The molecule has 4 heteroatoms. The summed E-state index contributed by atoms with van der Waals surface area (Å²) in [6.45, 7) is 9.27. The maximum Gasteiger partial charge on any atom is 0.341 e. The van der Waals surface area contributed by atoms with Crippen molar-refractivity contribution in [3.63, 3.8) is 0 Å². The molecule has 1 aromatic carbocycles. The van der Waals surface area contributed by atoms with Crippen LogP contribution < -0.4 is 4.74 Å². The number of esters is 2. The van der Waals surface area contributed by atoms with Crippen LogP contribution in [0, 0.1) is 0 Å². The molecule has 102 valence electrons. The Morgan fingerprint density at radius 3 is 1.94 bits per heavy atom. The molecule has 0 aliphatic heterocycles. The van der Waals surface area contributed by atoms with Crippen molar-refractivity contribution in [1.29, 1.82) is 0 Å². The van der Waals surface area contributed by atoms with Gasteiger partial charge in [-0.05, 0) is 12.1 Å². The molecule has 18 heavy (non-hydrogen) atoms. The summed E-state index contributed by atoms with van der Waals surface area (Å²) < 4.78 is 9.36. The predicted molar refractivity (Wildman–Crippen MR) is 71.8 cm³/mol. The van der Waals surface area contributed by atoms with Gasteiger partial charge < -0.3 is 9.47 Å². The van der Waals surface area contributed by atoms with E-state index in [1.54, 1.807) is 12.1 Å². The Bertz CT molecular complexity index is 359. The summed E-state index contributed by atoms with van der Waals surface area (Å²) >= 11 is 0. The second-order valence-corrected chi connectivity index (χ2v) is 2.58. The van der Waals surface area contributed by atoms with Crippen LogP contribution >= 0.6 is 0 Å². The fourth-order valence-corrected chi connectivity index (χ4v) is 0.989. The van der Waals surface area contributed by atoms with Crippen molar-refractivity contribution in [1.82, 2.24) is 0 Å². The summed E-state index contributed by atoms with van der Waals surface area (Å²) in [7, 11) is 1.27. The van der Waals surface area contributed by atoms with Gasteiger partial charge in [0.1, 0.15) is 11.3 Å². The van der Waals surface area contributed by atoms with Gasteiger partial charge in [0.15, 0.2) is 0 Å². The Hall–Kier alpha value is -1.84. The van der Waals surface area contributed by atoms with Crippen LogP contribution in [-0.4, -0.2) is 19.0 Å². The zero-order chi connectivity index (χ0) is 14.6. The molecule has 1 aromatic rings. The molecule has 4 nitrogen and oxygen atoms in total. The molecule has 0 aromatic heterocycles. The highest BCUT2D eigenvalue weighted by molar-refractivity contribution is 5.93. The summed E-state index contributed by atoms with van der Waals surface area (Å²) in [5.74, 6) is -0.782. The third kappa shape index (κ3) is 6.68. The van der Waals surface area contributed by atoms with Gasteiger partial charge in [0.2, 0.25) is 0 Å². The molecule has 0 bridgehead atoms. The highest BCUT2D eigenvalue weighted by atomic mass is 16.5. The zero-order valence-electron chi connectivity index (χ0n) is 11.9. The Labute approximate surface area is 109 Å². The van der Waals surface area contributed by atoms with Gasteiger partial charge >= 0.3 is 11.9 Å². The van der Waals surface area contributed by atoms with E-state index in [-0.39, 0.29) is 11.3 Å². The lowest BCUT2D eigenvalue weighted by Gasteiger charge is -2.05. The van der Waals surface area contributed by atoms with Gasteiger partial charge in [-0.25, -0.2) is 4.79 Å². The number of hydrogen-bond acceptors (Lipinski definition) is 4. The first-order valence-corrected chi connectivity index (χ1v) is 6.01. The van der Waals surface area contributed by atoms with Gasteiger partial charge in [-0.15, -0.1) is 0 Å². The SMILES string of the molecule is CC.CC.COC(=O)c1ccccc1OC(C)=O. The van der Waals surface area contributed by atoms with E-state index < -0.39 is 11.9 Å². The van der Waals surface area contributed by atoms with Crippen molar-refractivity contribution in [3.05, 3.63) is 29.8 Å². The maximum absolute atomic E-state index is 11.2. The van der Waals surface area contributed by atoms with Crippen LogP contribution in [0.1, 0.15) is 45.0 Å². The van der Waals surface area contributed by atoms with Crippen molar-refractivity contribution in [2.45, 2.75) is 34.6 Å². The Morgan fingerprint density at radius 1 is 1.00 bits per heavy atom. The van der Waals surface area contributed by atoms with Crippen LogP contribution in [-0.2, 0) is 9.53 Å². The topological polar surface area (TPSA) is 52.6 Å². The average Bonchev–Trinajstić information content (AvgIpc) is 2.42. The van der Waals surface area contributed by atoms with E-state index in [1.807, 2.05) is 27.7 Å². The van der Waals surface area contributed by atoms with E-state index in [9.17, 15) is 9.59 Å². The van der Waals surface area contributed by atoms with E-state index in [4.69, 9.17) is 4.74 Å². The molecule has 0 amide bonds. The fraction of sp³-hybridized carbons (Fsp3) is 0.429. The van der Waals surface area contributed by atoms with E-state index in [2.05, 4.69) is 4.74 Å². The summed E-state index contributed by atoms with van der Waals surface area (Å²) in [4.78, 5) is 21.9. The first kappa shape index (κ1) is 18.5. The number of rotatable bonds is 2. The monoisotopic (exact) mass is 254 g/mol. The van der Waals surface area contributed by atoms with Crippen LogP contribution in [0.4, 0.5) is 0 Å². The molecule has 1 rings (SSSR count). The lowest BCUT2D eigenvalue weighted by atomic mass is 10.2. The first-order valence-electron chi connectivity index (χ1n) is 6.01. The number of hydrogen-bond donors (Lipinski definition) is 0. The molecule has 0 unspecified atom stereocenters. The highest BCUT2D eigenvalue weighted by Crippen LogP contribution is 2.18. The molecule has 0 fully saturated rings. The minimum absolute atomic E-state index is 0.215. The molecule has 0 aliphatic rings. The van der Waals surface area contributed by atoms with Gasteiger partial charge in [-0.2, -0.15) is 0 Å². The number of carbonyl (C=O) groups is 2. The molecule has 0 aliphatic carbocycles. The van der Waals surface area contributed by atoms with Crippen LogP contribution in [0.3, 0.4) is 0 Å². The lowest BCUT2D eigenvalue weighted by Crippen LogP contribution is -2.08. The first-order chi connectivity index (χ1) is 8.65. The number of benzene rings is 1. The molecule has 0 N–H and O–H groups in total. The van der Waals surface area contributed by atoms with Crippen LogP contribution in [0.15, 0.2) is 24.3 Å². The molecule has 0 saturated heterocycles. The molecule has 0 spiro atoms. The van der Waals surface area contributed by atoms with Crippen molar-refractivity contribution in [3.8, 4) is 5.75 Å². The summed E-state index contributed by atoms with van der Waals surface area (Å²) in [6, 6.07) is 6.40. The van der Waals surface area contributed by atoms with E-state index >= 15 is 0 Å². The maximum atomic E-state index is 11.2. The van der Waals surface area contributed by atoms with Gasteiger partial charge in [0, 0.05) is 6.92 Å². The summed E-state index contributed by atoms with van der Waals surface area (Å²) in [6.07, 6.45) is 0. The van der Waals surface area contributed by atoms with Gasteiger partial charge in [-0.1, -0.05) is 39.8 Å². The highest BCUT2D eigenvalue weighted by Gasteiger charge is 2.12. The van der Waals surface area contributed by atoms with Crippen molar-refractivity contribution in [2.75, 3.05) is 7.11 Å². The van der Waals surface area contributed by atoms with Gasteiger partial charge in [-0.3, -0.25) is 4.79 Å². The second kappa shape index (κ2) is 11.6. The van der Waals surface area contributed by atoms with Crippen LogP contribution in [0.5, 0.6) is 5.75 Å². The third-order valence-electron chi connectivity index (χ3n) is 1.55. The van der Waals surface area contributed by atoms with Gasteiger partial charge in [0.05, 0.1) is 7.11 Å². The molecule has 0 atom stereocenters. The number of para-hydroxylation sites is 1. The third-order valence-corrected chi connectivity index (χ3v) is 1.55.